The molecule has 1 fully saturated rings. The SMILES string of the molecule is CC1(c2ccccc2)C[C@@]1(NS(=O)(=O)c1ccc(-c2ccc(N)cc2)s1)C(=O)O. The number of nitrogen functional groups attached to an aromatic ring is 1. The Balaban J connectivity index is 1.65. The van der Waals surface area contributed by atoms with Gasteiger partial charge in [-0.05, 0) is 41.8 Å². The fourth-order valence-electron chi connectivity index (χ4n) is 3.69. The van der Waals surface area contributed by atoms with Crippen LogP contribution in [0.15, 0.2) is 70.9 Å². The van der Waals surface area contributed by atoms with Crippen LogP contribution in [0.5, 0.6) is 0 Å². The Kier molecular flexibility index (Phi) is 4.53. The molecule has 0 radical (unpaired) electrons. The number of carboxylic acid groups (broad SMARTS) is 1. The lowest BCUT2D eigenvalue weighted by molar-refractivity contribution is -0.140. The molecule has 0 amide bonds. The summed E-state index contributed by atoms with van der Waals surface area (Å²) in [6.07, 6.45) is 0.189. The van der Waals surface area contributed by atoms with E-state index in [1.807, 2.05) is 42.5 Å². The molecule has 1 aliphatic carbocycles. The van der Waals surface area contributed by atoms with Gasteiger partial charge in [0, 0.05) is 16.0 Å². The molecule has 1 aromatic heterocycles. The quantitative estimate of drug-likeness (QED) is 0.521. The molecule has 1 unspecified atom stereocenters. The summed E-state index contributed by atoms with van der Waals surface area (Å²) in [7, 11) is -4.01. The molecule has 1 aliphatic rings. The van der Waals surface area contributed by atoms with E-state index < -0.39 is 26.9 Å². The number of rotatable bonds is 6. The van der Waals surface area contributed by atoms with E-state index in [0.29, 0.717) is 5.69 Å². The summed E-state index contributed by atoms with van der Waals surface area (Å²) >= 11 is 1.09. The highest BCUT2D eigenvalue weighted by Gasteiger charge is 2.72. The van der Waals surface area contributed by atoms with E-state index in [2.05, 4.69) is 4.72 Å². The zero-order valence-electron chi connectivity index (χ0n) is 15.6. The zero-order chi connectivity index (χ0) is 20.9. The van der Waals surface area contributed by atoms with Crippen LogP contribution in [0.2, 0.25) is 0 Å². The highest BCUT2D eigenvalue weighted by Crippen LogP contribution is 2.58. The number of sulfonamides is 1. The average Bonchev–Trinajstić information content (AvgIpc) is 3.05. The number of nitrogens with one attached hydrogen (secondary N) is 1. The van der Waals surface area contributed by atoms with Crippen molar-refractivity contribution in [3.8, 4) is 10.4 Å². The summed E-state index contributed by atoms with van der Waals surface area (Å²) in [5.74, 6) is -1.18. The monoisotopic (exact) mass is 428 g/mol. The van der Waals surface area contributed by atoms with Crippen LogP contribution in [-0.4, -0.2) is 25.0 Å². The van der Waals surface area contributed by atoms with E-state index in [-0.39, 0.29) is 10.6 Å². The maximum atomic E-state index is 13.0. The van der Waals surface area contributed by atoms with Crippen molar-refractivity contribution >= 4 is 33.0 Å². The Morgan fingerprint density at radius 1 is 1.07 bits per heavy atom. The first-order chi connectivity index (χ1) is 13.7. The van der Waals surface area contributed by atoms with Crippen LogP contribution in [-0.2, 0) is 20.2 Å². The number of benzene rings is 2. The van der Waals surface area contributed by atoms with E-state index in [0.717, 1.165) is 27.3 Å². The van der Waals surface area contributed by atoms with Gasteiger partial charge in [-0.25, -0.2) is 8.42 Å². The number of carbonyl (C=O) groups is 1. The largest absolute Gasteiger partial charge is 0.480 e. The van der Waals surface area contributed by atoms with Gasteiger partial charge in [0.25, 0.3) is 10.0 Å². The molecule has 6 nitrogen and oxygen atoms in total. The minimum atomic E-state index is -4.01. The van der Waals surface area contributed by atoms with Gasteiger partial charge in [-0.15, -0.1) is 11.3 Å². The average molecular weight is 429 g/mol. The first kappa shape index (κ1) is 19.6. The van der Waals surface area contributed by atoms with Crippen molar-refractivity contribution in [2.75, 3.05) is 5.73 Å². The topological polar surface area (TPSA) is 109 Å². The summed E-state index contributed by atoms with van der Waals surface area (Å²) in [6.45, 7) is 1.77. The van der Waals surface area contributed by atoms with Crippen molar-refractivity contribution in [2.24, 2.45) is 0 Å². The van der Waals surface area contributed by atoms with Gasteiger partial charge in [0.15, 0.2) is 0 Å². The van der Waals surface area contributed by atoms with Crippen LogP contribution in [0.3, 0.4) is 0 Å². The van der Waals surface area contributed by atoms with Gasteiger partial charge in [0.1, 0.15) is 9.75 Å². The molecule has 1 saturated carbocycles. The van der Waals surface area contributed by atoms with Crippen LogP contribution >= 0.6 is 11.3 Å². The highest BCUT2D eigenvalue weighted by atomic mass is 32.2. The maximum absolute atomic E-state index is 13.0. The van der Waals surface area contributed by atoms with Crippen LogP contribution in [0, 0.1) is 0 Å². The summed E-state index contributed by atoms with van der Waals surface area (Å²) in [5.41, 5.74) is 5.57. The molecule has 0 spiro atoms. The molecule has 0 saturated heterocycles. The lowest BCUT2D eigenvalue weighted by Crippen LogP contribution is -2.47. The van der Waals surface area contributed by atoms with Crippen molar-refractivity contribution in [1.29, 1.82) is 0 Å². The number of nitrogens with two attached hydrogens (primary N) is 1. The van der Waals surface area contributed by atoms with Crippen molar-refractivity contribution in [3.63, 3.8) is 0 Å². The van der Waals surface area contributed by atoms with Crippen molar-refractivity contribution < 1.29 is 18.3 Å². The fourth-order valence-corrected chi connectivity index (χ4v) is 6.46. The predicted molar refractivity (Wildman–Crippen MR) is 113 cm³/mol. The van der Waals surface area contributed by atoms with Crippen LogP contribution in [0.4, 0.5) is 5.69 Å². The number of aliphatic carboxylic acids is 1. The van der Waals surface area contributed by atoms with E-state index in [1.165, 1.54) is 6.07 Å². The third-order valence-corrected chi connectivity index (χ3v) is 8.68. The number of hydrogen-bond donors (Lipinski definition) is 3. The van der Waals surface area contributed by atoms with Crippen molar-refractivity contribution in [2.45, 2.75) is 28.5 Å². The first-order valence-electron chi connectivity index (χ1n) is 8.97. The Labute approximate surface area is 173 Å². The second-order valence-electron chi connectivity index (χ2n) is 7.43. The van der Waals surface area contributed by atoms with E-state index in [1.54, 1.807) is 25.1 Å². The Bertz CT molecular complexity index is 1170. The zero-order valence-corrected chi connectivity index (χ0v) is 17.3. The van der Waals surface area contributed by atoms with E-state index in [4.69, 9.17) is 5.73 Å². The number of thiophene rings is 1. The van der Waals surface area contributed by atoms with E-state index >= 15 is 0 Å². The molecular weight excluding hydrogens is 408 g/mol. The normalized spacial score (nSPS) is 23.6. The molecule has 3 aromatic rings. The van der Waals surface area contributed by atoms with E-state index in [9.17, 15) is 18.3 Å². The molecule has 4 N–H and O–H groups in total. The molecule has 29 heavy (non-hydrogen) atoms. The molecule has 8 heteroatoms. The number of carboxylic acids is 1. The van der Waals surface area contributed by atoms with Gasteiger partial charge in [-0.2, -0.15) is 4.72 Å². The summed E-state index contributed by atoms with van der Waals surface area (Å²) in [5, 5.41) is 9.88. The third-order valence-electron chi connectivity index (χ3n) is 5.56. The molecule has 0 bridgehead atoms. The fraction of sp³-hybridized carbons (Fsp3) is 0.190. The smallest absolute Gasteiger partial charge is 0.325 e. The van der Waals surface area contributed by atoms with Gasteiger partial charge in [0.05, 0.1) is 0 Å². The van der Waals surface area contributed by atoms with Gasteiger partial charge in [-0.1, -0.05) is 49.4 Å². The third kappa shape index (κ3) is 3.23. The van der Waals surface area contributed by atoms with Gasteiger partial charge in [0.2, 0.25) is 0 Å². The number of anilines is 1. The molecule has 2 atom stereocenters. The Morgan fingerprint density at radius 2 is 1.72 bits per heavy atom. The summed E-state index contributed by atoms with van der Waals surface area (Å²) in [4.78, 5) is 12.9. The van der Waals surface area contributed by atoms with Gasteiger partial charge >= 0.3 is 5.97 Å². The van der Waals surface area contributed by atoms with Crippen LogP contribution in [0.1, 0.15) is 18.9 Å². The molecule has 150 valence electrons. The standard InChI is InChI=1S/C21H20N2O4S2/c1-20(15-5-3-2-4-6-15)13-21(20,19(24)25)23-29(26,27)18-12-11-17(28-18)14-7-9-16(22)10-8-14/h2-12,23H,13,22H2,1H3,(H,24,25)/t20?,21-/m1/s1. The highest BCUT2D eigenvalue weighted by molar-refractivity contribution is 7.91. The maximum Gasteiger partial charge on any atom is 0.325 e. The van der Waals surface area contributed by atoms with Crippen molar-refractivity contribution in [3.05, 3.63) is 72.3 Å². The molecule has 4 rings (SSSR count). The van der Waals surface area contributed by atoms with Gasteiger partial charge in [-0.3, -0.25) is 4.79 Å². The summed E-state index contributed by atoms with van der Waals surface area (Å²) in [6, 6.07) is 19.5. The lowest BCUT2D eigenvalue weighted by Gasteiger charge is -2.20. The van der Waals surface area contributed by atoms with Crippen LogP contribution in [0.25, 0.3) is 10.4 Å². The lowest BCUT2D eigenvalue weighted by atomic mass is 9.93. The first-order valence-corrected chi connectivity index (χ1v) is 11.3. The summed E-state index contributed by atoms with van der Waals surface area (Å²) < 4.78 is 28.6. The Hall–Kier alpha value is -2.68. The molecular formula is C21H20N2O4S2. The minimum Gasteiger partial charge on any atom is -0.480 e. The number of hydrogen-bond acceptors (Lipinski definition) is 5. The second kappa shape index (κ2) is 6.69. The van der Waals surface area contributed by atoms with Gasteiger partial charge < -0.3 is 10.8 Å². The molecule has 1 heterocycles. The van der Waals surface area contributed by atoms with Crippen molar-refractivity contribution in [1.82, 2.24) is 4.72 Å². The Morgan fingerprint density at radius 3 is 2.34 bits per heavy atom. The second-order valence-corrected chi connectivity index (χ2v) is 10.4. The molecule has 2 aromatic carbocycles. The predicted octanol–water partition coefficient (Wildman–Crippen LogP) is 3.46. The van der Waals surface area contributed by atoms with Crippen LogP contribution < -0.4 is 10.5 Å². The molecule has 0 aliphatic heterocycles. The minimum absolute atomic E-state index is 0.0762.